The molecule has 12 heavy (non-hydrogen) atoms. The molecule has 2 aromatic heterocycles. The highest BCUT2D eigenvalue weighted by Gasteiger charge is 1.99. The molecule has 0 unspecified atom stereocenters. The molecule has 0 N–H and O–H groups in total. The maximum absolute atomic E-state index is 5.17. The van der Waals surface area contributed by atoms with Gasteiger partial charge in [0.05, 0.1) is 23.0 Å². The number of aromatic nitrogens is 2. The van der Waals surface area contributed by atoms with Crippen molar-refractivity contribution in [2.75, 3.05) is 6.61 Å². The van der Waals surface area contributed by atoms with Gasteiger partial charge in [0.15, 0.2) is 0 Å². The Bertz CT molecular complexity index is 385. The molecule has 3 nitrogen and oxygen atoms in total. The van der Waals surface area contributed by atoms with Gasteiger partial charge >= 0.3 is 6.01 Å². The number of thiophene rings is 1. The van der Waals surface area contributed by atoms with Crippen LogP contribution in [0.4, 0.5) is 0 Å². The first-order chi connectivity index (χ1) is 5.90. The second kappa shape index (κ2) is 3.06. The number of rotatable bonds is 2. The molecule has 62 valence electrons. The fraction of sp³-hybridized carbons (Fsp3) is 0.250. The lowest BCUT2D eigenvalue weighted by atomic mass is 10.5. The highest BCUT2D eigenvalue weighted by Crippen LogP contribution is 2.18. The molecule has 0 aliphatic heterocycles. The van der Waals surface area contributed by atoms with Gasteiger partial charge < -0.3 is 4.74 Å². The van der Waals surface area contributed by atoms with Crippen LogP contribution in [0.3, 0.4) is 0 Å². The number of ether oxygens (including phenoxy) is 1. The summed E-state index contributed by atoms with van der Waals surface area (Å²) in [6.45, 7) is 2.52. The highest BCUT2D eigenvalue weighted by molar-refractivity contribution is 7.17. The van der Waals surface area contributed by atoms with E-state index in [2.05, 4.69) is 9.97 Å². The SMILES string of the molecule is CCOc1ncc2sccc2n1. The predicted molar refractivity (Wildman–Crippen MR) is 48.6 cm³/mol. The first kappa shape index (κ1) is 7.49. The third-order valence-electron chi connectivity index (χ3n) is 1.46. The van der Waals surface area contributed by atoms with Crippen molar-refractivity contribution in [3.05, 3.63) is 17.6 Å². The standard InChI is InChI=1S/C8H8N2OS/c1-2-11-8-9-5-7-6(10-8)3-4-12-7/h3-5H,2H2,1H3. The van der Waals surface area contributed by atoms with Crippen molar-refractivity contribution < 1.29 is 4.74 Å². The predicted octanol–water partition coefficient (Wildman–Crippen LogP) is 2.09. The molecule has 0 atom stereocenters. The zero-order chi connectivity index (χ0) is 8.39. The van der Waals surface area contributed by atoms with Crippen molar-refractivity contribution in [2.45, 2.75) is 6.92 Å². The Morgan fingerprint density at radius 1 is 1.58 bits per heavy atom. The van der Waals surface area contributed by atoms with E-state index >= 15 is 0 Å². The van der Waals surface area contributed by atoms with Crippen molar-refractivity contribution >= 4 is 21.6 Å². The summed E-state index contributed by atoms with van der Waals surface area (Å²) in [6, 6.07) is 2.42. The van der Waals surface area contributed by atoms with E-state index < -0.39 is 0 Å². The molecule has 0 radical (unpaired) electrons. The Morgan fingerprint density at radius 3 is 3.33 bits per heavy atom. The van der Waals surface area contributed by atoms with Crippen molar-refractivity contribution in [3.8, 4) is 6.01 Å². The van der Waals surface area contributed by atoms with E-state index in [-0.39, 0.29) is 0 Å². The summed E-state index contributed by atoms with van der Waals surface area (Å²) in [5, 5.41) is 2.00. The van der Waals surface area contributed by atoms with Crippen LogP contribution < -0.4 is 4.74 Å². The number of hydrogen-bond donors (Lipinski definition) is 0. The summed E-state index contributed by atoms with van der Waals surface area (Å²) >= 11 is 1.63. The number of hydrogen-bond acceptors (Lipinski definition) is 4. The van der Waals surface area contributed by atoms with Gasteiger partial charge in [0.1, 0.15) is 0 Å². The molecule has 0 aromatic carbocycles. The molecule has 0 aliphatic carbocycles. The van der Waals surface area contributed by atoms with Crippen LogP contribution in [0.2, 0.25) is 0 Å². The normalized spacial score (nSPS) is 10.4. The Kier molecular flexibility index (Phi) is 1.91. The molecule has 2 aromatic rings. The van der Waals surface area contributed by atoms with Gasteiger partial charge in [-0.15, -0.1) is 11.3 Å². The Morgan fingerprint density at radius 2 is 2.50 bits per heavy atom. The van der Waals surface area contributed by atoms with Crippen LogP contribution in [-0.4, -0.2) is 16.6 Å². The molecule has 2 heterocycles. The third kappa shape index (κ3) is 1.25. The molecule has 0 aliphatic rings. The fourth-order valence-electron chi connectivity index (χ4n) is 0.948. The van der Waals surface area contributed by atoms with E-state index in [4.69, 9.17) is 4.74 Å². The van der Waals surface area contributed by atoms with E-state index in [0.717, 1.165) is 10.2 Å². The molecular weight excluding hydrogens is 172 g/mol. The lowest BCUT2D eigenvalue weighted by Crippen LogP contribution is -1.96. The van der Waals surface area contributed by atoms with Gasteiger partial charge in [-0.05, 0) is 18.4 Å². The van der Waals surface area contributed by atoms with Gasteiger partial charge in [0.25, 0.3) is 0 Å². The van der Waals surface area contributed by atoms with Crippen LogP contribution in [0.1, 0.15) is 6.92 Å². The van der Waals surface area contributed by atoms with Crippen LogP contribution in [-0.2, 0) is 0 Å². The average Bonchev–Trinajstić information content (AvgIpc) is 2.51. The van der Waals surface area contributed by atoms with E-state index in [1.54, 1.807) is 17.5 Å². The molecule has 2 rings (SSSR count). The molecule has 4 heteroatoms. The summed E-state index contributed by atoms with van der Waals surface area (Å²) in [4.78, 5) is 8.25. The molecule has 0 bridgehead atoms. The van der Waals surface area contributed by atoms with E-state index in [1.807, 2.05) is 18.4 Å². The van der Waals surface area contributed by atoms with Crippen LogP contribution in [0, 0.1) is 0 Å². The molecule has 0 spiro atoms. The van der Waals surface area contributed by atoms with Gasteiger partial charge in [-0.25, -0.2) is 4.98 Å². The topological polar surface area (TPSA) is 35.0 Å². The summed E-state index contributed by atoms with van der Waals surface area (Å²) < 4.78 is 6.26. The minimum absolute atomic E-state index is 0.461. The number of nitrogens with zero attached hydrogens (tertiary/aromatic N) is 2. The lowest BCUT2D eigenvalue weighted by molar-refractivity contribution is 0.314. The monoisotopic (exact) mass is 180 g/mol. The largest absolute Gasteiger partial charge is 0.464 e. The first-order valence-electron chi connectivity index (χ1n) is 3.73. The van der Waals surface area contributed by atoms with Crippen LogP contribution >= 0.6 is 11.3 Å². The quantitative estimate of drug-likeness (QED) is 0.709. The maximum atomic E-state index is 5.17. The van der Waals surface area contributed by atoms with Gasteiger partial charge in [-0.1, -0.05) is 0 Å². The van der Waals surface area contributed by atoms with Gasteiger partial charge in [0.2, 0.25) is 0 Å². The van der Waals surface area contributed by atoms with E-state index in [0.29, 0.717) is 12.6 Å². The second-order valence-electron chi connectivity index (χ2n) is 2.26. The fourth-order valence-corrected chi connectivity index (χ4v) is 1.64. The van der Waals surface area contributed by atoms with E-state index in [1.165, 1.54) is 0 Å². The smallest absolute Gasteiger partial charge is 0.316 e. The van der Waals surface area contributed by atoms with Gasteiger partial charge in [-0.3, -0.25) is 0 Å². The van der Waals surface area contributed by atoms with Crippen LogP contribution in [0.15, 0.2) is 17.6 Å². The third-order valence-corrected chi connectivity index (χ3v) is 2.30. The Balaban J connectivity index is 2.46. The first-order valence-corrected chi connectivity index (χ1v) is 4.61. The Hall–Kier alpha value is -1.16. The van der Waals surface area contributed by atoms with Crippen LogP contribution in [0.25, 0.3) is 10.2 Å². The van der Waals surface area contributed by atoms with E-state index in [9.17, 15) is 0 Å². The van der Waals surface area contributed by atoms with Crippen molar-refractivity contribution in [2.24, 2.45) is 0 Å². The molecule has 0 saturated carbocycles. The lowest BCUT2D eigenvalue weighted by Gasteiger charge is -1.98. The van der Waals surface area contributed by atoms with Gasteiger partial charge in [-0.2, -0.15) is 4.98 Å². The molecular formula is C8H8N2OS. The average molecular weight is 180 g/mol. The molecule has 0 saturated heterocycles. The zero-order valence-corrected chi connectivity index (χ0v) is 7.47. The summed E-state index contributed by atoms with van der Waals surface area (Å²) in [5.41, 5.74) is 0.957. The Labute approximate surface area is 74.0 Å². The van der Waals surface area contributed by atoms with Crippen LogP contribution in [0.5, 0.6) is 6.01 Å². The van der Waals surface area contributed by atoms with Crippen molar-refractivity contribution in [1.29, 1.82) is 0 Å². The van der Waals surface area contributed by atoms with Gasteiger partial charge in [0, 0.05) is 0 Å². The molecule has 0 amide bonds. The highest BCUT2D eigenvalue weighted by atomic mass is 32.1. The van der Waals surface area contributed by atoms with Crippen molar-refractivity contribution in [3.63, 3.8) is 0 Å². The van der Waals surface area contributed by atoms with Crippen molar-refractivity contribution in [1.82, 2.24) is 9.97 Å². The molecule has 0 fully saturated rings. The second-order valence-corrected chi connectivity index (χ2v) is 3.20. The minimum Gasteiger partial charge on any atom is -0.464 e. The summed E-state index contributed by atoms with van der Waals surface area (Å²) in [7, 11) is 0. The minimum atomic E-state index is 0.461. The number of fused-ring (bicyclic) bond motifs is 1. The zero-order valence-electron chi connectivity index (χ0n) is 6.65. The maximum Gasteiger partial charge on any atom is 0.316 e. The summed E-state index contributed by atoms with van der Waals surface area (Å²) in [6.07, 6.45) is 1.79. The summed E-state index contributed by atoms with van der Waals surface area (Å²) in [5.74, 6) is 0.